The summed E-state index contributed by atoms with van der Waals surface area (Å²) in [5.74, 6) is 0.911. The minimum atomic E-state index is 0.282. The molecule has 0 aromatic heterocycles. The van der Waals surface area contributed by atoms with Gasteiger partial charge in [0.1, 0.15) is 5.75 Å². The molecule has 0 aliphatic rings. The van der Waals surface area contributed by atoms with Crippen molar-refractivity contribution < 1.29 is 4.74 Å². The first-order chi connectivity index (χ1) is 10.2. The van der Waals surface area contributed by atoms with E-state index in [4.69, 9.17) is 16.3 Å². The van der Waals surface area contributed by atoms with Gasteiger partial charge in [-0.15, -0.1) is 0 Å². The van der Waals surface area contributed by atoms with E-state index in [1.54, 1.807) is 0 Å². The molecule has 2 nitrogen and oxygen atoms in total. The van der Waals surface area contributed by atoms with Gasteiger partial charge in [0.25, 0.3) is 0 Å². The molecular weight excluding hydrogens is 282 g/mol. The predicted molar refractivity (Wildman–Crippen MR) is 88.9 cm³/mol. The van der Waals surface area contributed by atoms with Crippen molar-refractivity contribution in [1.82, 2.24) is 5.32 Å². The Balaban J connectivity index is 2.03. The lowest BCUT2D eigenvalue weighted by Crippen LogP contribution is -2.18. The highest BCUT2D eigenvalue weighted by Crippen LogP contribution is 2.24. The summed E-state index contributed by atoms with van der Waals surface area (Å²) >= 11 is 6.10. The van der Waals surface area contributed by atoms with Crippen molar-refractivity contribution in [3.8, 4) is 5.75 Å². The summed E-state index contributed by atoms with van der Waals surface area (Å²) in [6.07, 6.45) is 0.996. The first-order valence-corrected chi connectivity index (χ1v) is 7.78. The summed E-state index contributed by atoms with van der Waals surface area (Å²) in [5.41, 5.74) is 2.37. The highest BCUT2D eigenvalue weighted by Gasteiger charge is 2.08. The highest BCUT2D eigenvalue weighted by atomic mass is 35.5. The van der Waals surface area contributed by atoms with Crippen LogP contribution in [0.1, 0.15) is 37.4 Å². The van der Waals surface area contributed by atoms with Gasteiger partial charge in [-0.3, -0.25) is 0 Å². The van der Waals surface area contributed by atoms with Crippen LogP contribution in [0.15, 0.2) is 48.5 Å². The quantitative estimate of drug-likeness (QED) is 0.779. The molecule has 2 aromatic rings. The number of rotatable bonds is 7. The van der Waals surface area contributed by atoms with Gasteiger partial charge >= 0.3 is 0 Å². The molecule has 0 aliphatic carbocycles. The predicted octanol–water partition coefficient (Wildman–Crippen LogP) is 4.98. The molecule has 0 aliphatic heterocycles. The standard InChI is InChI=1S/C18H22ClNO/c1-3-11-21-18-10-9-17(19)12-16(18)13-20-14(2)15-7-5-4-6-8-15/h4-10,12,14,20H,3,11,13H2,1-2H3. The molecule has 112 valence electrons. The van der Waals surface area contributed by atoms with Crippen molar-refractivity contribution in [2.75, 3.05) is 6.61 Å². The summed E-state index contributed by atoms with van der Waals surface area (Å²) in [7, 11) is 0. The van der Waals surface area contributed by atoms with Gasteiger partial charge < -0.3 is 10.1 Å². The van der Waals surface area contributed by atoms with Crippen LogP contribution in [0.4, 0.5) is 0 Å². The van der Waals surface area contributed by atoms with Crippen molar-refractivity contribution in [1.29, 1.82) is 0 Å². The van der Waals surface area contributed by atoms with Crippen LogP contribution >= 0.6 is 11.6 Å². The average Bonchev–Trinajstić information content (AvgIpc) is 2.52. The zero-order valence-corrected chi connectivity index (χ0v) is 13.4. The van der Waals surface area contributed by atoms with E-state index in [2.05, 4.69) is 43.4 Å². The Morgan fingerprint density at radius 3 is 2.62 bits per heavy atom. The topological polar surface area (TPSA) is 21.3 Å². The van der Waals surface area contributed by atoms with E-state index in [0.29, 0.717) is 0 Å². The van der Waals surface area contributed by atoms with Crippen LogP contribution in [0.25, 0.3) is 0 Å². The third-order valence-electron chi connectivity index (χ3n) is 3.38. The lowest BCUT2D eigenvalue weighted by atomic mass is 10.1. The van der Waals surface area contributed by atoms with Gasteiger partial charge in [0.05, 0.1) is 6.61 Å². The third-order valence-corrected chi connectivity index (χ3v) is 3.62. The minimum Gasteiger partial charge on any atom is -0.493 e. The number of nitrogens with one attached hydrogen (secondary N) is 1. The van der Waals surface area contributed by atoms with Gasteiger partial charge in [-0.05, 0) is 37.1 Å². The molecule has 21 heavy (non-hydrogen) atoms. The Bertz CT molecular complexity index is 556. The van der Waals surface area contributed by atoms with Crippen molar-refractivity contribution in [3.63, 3.8) is 0 Å². The van der Waals surface area contributed by atoms with Crippen molar-refractivity contribution in [2.45, 2.75) is 32.9 Å². The molecular formula is C18H22ClNO. The average molecular weight is 304 g/mol. The third kappa shape index (κ3) is 4.76. The maximum absolute atomic E-state index is 6.10. The SMILES string of the molecule is CCCOc1ccc(Cl)cc1CNC(C)c1ccccc1. The molecule has 0 radical (unpaired) electrons. The van der Waals surface area contributed by atoms with E-state index in [9.17, 15) is 0 Å². The van der Waals surface area contributed by atoms with Crippen LogP contribution in [0.5, 0.6) is 5.75 Å². The Morgan fingerprint density at radius 2 is 1.90 bits per heavy atom. The molecule has 0 fully saturated rings. The maximum atomic E-state index is 6.10. The van der Waals surface area contributed by atoms with Crippen molar-refractivity contribution >= 4 is 11.6 Å². The second-order valence-corrected chi connectivity index (χ2v) is 5.55. The second kappa shape index (κ2) is 8.06. The fraction of sp³-hybridized carbons (Fsp3) is 0.333. The van der Waals surface area contributed by atoms with Crippen LogP contribution in [-0.2, 0) is 6.54 Å². The van der Waals surface area contributed by atoms with Gasteiger partial charge in [0, 0.05) is 23.2 Å². The highest BCUT2D eigenvalue weighted by molar-refractivity contribution is 6.30. The van der Waals surface area contributed by atoms with Gasteiger partial charge in [0.15, 0.2) is 0 Å². The zero-order valence-electron chi connectivity index (χ0n) is 12.6. The molecule has 0 spiro atoms. The summed E-state index contributed by atoms with van der Waals surface area (Å²) in [6.45, 7) is 5.72. The maximum Gasteiger partial charge on any atom is 0.123 e. The van der Waals surface area contributed by atoms with E-state index < -0.39 is 0 Å². The van der Waals surface area contributed by atoms with E-state index in [0.717, 1.165) is 35.9 Å². The fourth-order valence-electron chi connectivity index (χ4n) is 2.16. The number of hydrogen-bond acceptors (Lipinski definition) is 2. The lowest BCUT2D eigenvalue weighted by molar-refractivity contribution is 0.313. The van der Waals surface area contributed by atoms with E-state index in [1.165, 1.54) is 5.56 Å². The minimum absolute atomic E-state index is 0.282. The van der Waals surface area contributed by atoms with Gasteiger partial charge in [-0.25, -0.2) is 0 Å². The first kappa shape index (κ1) is 15.9. The number of halogens is 1. The van der Waals surface area contributed by atoms with E-state index >= 15 is 0 Å². The smallest absolute Gasteiger partial charge is 0.123 e. The molecule has 2 rings (SSSR count). The zero-order chi connectivity index (χ0) is 15.1. The number of hydrogen-bond donors (Lipinski definition) is 1. The number of benzene rings is 2. The molecule has 0 saturated heterocycles. The van der Waals surface area contributed by atoms with Crippen LogP contribution in [-0.4, -0.2) is 6.61 Å². The van der Waals surface area contributed by atoms with Crippen LogP contribution in [0.2, 0.25) is 5.02 Å². The van der Waals surface area contributed by atoms with Crippen LogP contribution in [0.3, 0.4) is 0 Å². The van der Waals surface area contributed by atoms with E-state index in [-0.39, 0.29) is 6.04 Å². The largest absolute Gasteiger partial charge is 0.493 e. The Kier molecular flexibility index (Phi) is 6.09. The first-order valence-electron chi connectivity index (χ1n) is 7.40. The van der Waals surface area contributed by atoms with Crippen LogP contribution in [0, 0.1) is 0 Å². The summed E-state index contributed by atoms with van der Waals surface area (Å²) in [6, 6.07) is 16.5. The monoisotopic (exact) mass is 303 g/mol. The normalized spacial score (nSPS) is 12.1. The van der Waals surface area contributed by atoms with E-state index in [1.807, 2.05) is 24.3 Å². The molecule has 0 amide bonds. The molecule has 0 bridgehead atoms. The molecule has 1 unspecified atom stereocenters. The number of ether oxygens (including phenoxy) is 1. The summed E-state index contributed by atoms with van der Waals surface area (Å²) < 4.78 is 5.78. The lowest BCUT2D eigenvalue weighted by Gasteiger charge is -2.17. The van der Waals surface area contributed by atoms with Gasteiger partial charge in [0.2, 0.25) is 0 Å². The summed E-state index contributed by atoms with van der Waals surface area (Å²) in [4.78, 5) is 0. The Morgan fingerprint density at radius 1 is 1.14 bits per heavy atom. The molecule has 0 heterocycles. The Hall–Kier alpha value is -1.51. The molecule has 2 aromatic carbocycles. The van der Waals surface area contributed by atoms with Gasteiger partial charge in [-0.1, -0.05) is 48.9 Å². The Labute approximate surface area is 132 Å². The van der Waals surface area contributed by atoms with Gasteiger partial charge in [-0.2, -0.15) is 0 Å². The molecule has 1 N–H and O–H groups in total. The van der Waals surface area contributed by atoms with Crippen LogP contribution < -0.4 is 10.1 Å². The molecule has 0 saturated carbocycles. The van der Waals surface area contributed by atoms with Crippen molar-refractivity contribution in [2.24, 2.45) is 0 Å². The molecule has 3 heteroatoms. The fourth-order valence-corrected chi connectivity index (χ4v) is 2.36. The van der Waals surface area contributed by atoms with Crippen molar-refractivity contribution in [3.05, 3.63) is 64.7 Å². The summed E-state index contributed by atoms with van der Waals surface area (Å²) in [5, 5.41) is 4.26. The second-order valence-electron chi connectivity index (χ2n) is 5.11. The molecule has 1 atom stereocenters.